The Bertz CT molecular complexity index is 397. The summed E-state index contributed by atoms with van der Waals surface area (Å²) < 4.78 is 0. The number of halogens is 1. The summed E-state index contributed by atoms with van der Waals surface area (Å²) >= 11 is 6.18. The summed E-state index contributed by atoms with van der Waals surface area (Å²) in [5, 5.41) is 9.54. The molecule has 0 N–H and O–H groups in total. The van der Waals surface area contributed by atoms with E-state index in [2.05, 4.69) is 17.0 Å². The van der Waals surface area contributed by atoms with Crippen LogP contribution >= 0.6 is 11.6 Å². The van der Waals surface area contributed by atoms with Crippen LogP contribution in [0.2, 0.25) is 5.02 Å². The Morgan fingerprint density at radius 1 is 1.44 bits per heavy atom. The molecular weight excluding hydrogens is 220 g/mol. The predicted octanol–water partition coefficient (Wildman–Crippen LogP) is 3.47. The highest BCUT2D eigenvalue weighted by atomic mass is 35.5. The van der Waals surface area contributed by atoms with Crippen molar-refractivity contribution in [1.29, 1.82) is 5.26 Å². The number of rotatable bonds is 2. The third-order valence-electron chi connectivity index (χ3n) is 3.09. The summed E-state index contributed by atoms with van der Waals surface area (Å²) in [6.07, 6.45) is 2.97. The van der Waals surface area contributed by atoms with Crippen LogP contribution in [0.3, 0.4) is 0 Å². The Balaban J connectivity index is 2.10. The summed E-state index contributed by atoms with van der Waals surface area (Å²) in [4.78, 5) is 2.30. The van der Waals surface area contributed by atoms with Gasteiger partial charge in [-0.3, -0.25) is 0 Å². The molecule has 3 heteroatoms. The van der Waals surface area contributed by atoms with E-state index in [1.807, 2.05) is 18.2 Å². The van der Waals surface area contributed by atoms with Crippen LogP contribution in [-0.4, -0.2) is 13.1 Å². The lowest BCUT2D eigenvalue weighted by Crippen LogP contribution is -2.35. The van der Waals surface area contributed by atoms with Crippen molar-refractivity contribution in [1.82, 2.24) is 0 Å². The van der Waals surface area contributed by atoms with Gasteiger partial charge in [-0.1, -0.05) is 23.7 Å². The van der Waals surface area contributed by atoms with Gasteiger partial charge < -0.3 is 4.90 Å². The second kappa shape index (κ2) is 5.23. The second-order valence-corrected chi connectivity index (χ2v) is 4.68. The van der Waals surface area contributed by atoms with Crippen molar-refractivity contribution < 1.29 is 0 Å². The van der Waals surface area contributed by atoms with E-state index in [-0.39, 0.29) is 0 Å². The van der Waals surface area contributed by atoms with Gasteiger partial charge in [0.25, 0.3) is 0 Å². The molecule has 1 aliphatic rings. The number of nitrogens with zero attached hydrogens (tertiary/aromatic N) is 2. The number of benzene rings is 1. The predicted molar refractivity (Wildman–Crippen MR) is 66.6 cm³/mol. The first-order valence-corrected chi connectivity index (χ1v) is 6.05. The fraction of sp³-hybridized carbons (Fsp3) is 0.462. The van der Waals surface area contributed by atoms with Crippen LogP contribution < -0.4 is 4.90 Å². The van der Waals surface area contributed by atoms with Gasteiger partial charge in [0, 0.05) is 19.5 Å². The normalized spacial score (nSPS) is 20.5. The molecule has 1 atom stereocenters. The van der Waals surface area contributed by atoms with Gasteiger partial charge in [-0.25, -0.2) is 0 Å². The highest BCUT2D eigenvalue weighted by Crippen LogP contribution is 2.30. The number of nitriles is 1. The molecule has 0 amide bonds. The van der Waals surface area contributed by atoms with Crippen molar-refractivity contribution in [2.24, 2.45) is 5.92 Å². The van der Waals surface area contributed by atoms with Crippen LogP contribution in [0.4, 0.5) is 5.69 Å². The van der Waals surface area contributed by atoms with Gasteiger partial charge in [0.2, 0.25) is 0 Å². The lowest BCUT2D eigenvalue weighted by molar-refractivity contribution is 0.422. The maximum atomic E-state index is 8.74. The third kappa shape index (κ3) is 2.48. The monoisotopic (exact) mass is 234 g/mol. The highest BCUT2D eigenvalue weighted by Gasteiger charge is 2.20. The zero-order chi connectivity index (χ0) is 11.4. The van der Waals surface area contributed by atoms with Crippen LogP contribution in [-0.2, 0) is 0 Å². The fourth-order valence-electron chi connectivity index (χ4n) is 2.29. The summed E-state index contributed by atoms with van der Waals surface area (Å²) in [6, 6.07) is 10.2. The first-order chi connectivity index (χ1) is 7.81. The van der Waals surface area contributed by atoms with E-state index in [0.29, 0.717) is 12.3 Å². The average molecular weight is 235 g/mol. The molecular formula is C13H15ClN2. The van der Waals surface area contributed by atoms with Crippen molar-refractivity contribution in [2.45, 2.75) is 19.3 Å². The molecule has 1 aromatic rings. The van der Waals surface area contributed by atoms with E-state index in [4.69, 9.17) is 16.9 Å². The minimum atomic E-state index is 0.495. The molecule has 1 fully saturated rings. The summed E-state index contributed by atoms with van der Waals surface area (Å²) in [5.74, 6) is 0.495. The zero-order valence-electron chi connectivity index (χ0n) is 9.19. The topological polar surface area (TPSA) is 27.0 Å². The Labute approximate surface area is 101 Å². The van der Waals surface area contributed by atoms with E-state index in [1.165, 1.54) is 0 Å². The minimum Gasteiger partial charge on any atom is -0.370 e. The van der Waals surface area contributed by atoms with Crippen LogP contribution in [0.15, 0.2) is 24.3 Å². The SMILES string of the molecule is N#CCC1CCCN(c2ccccc2Cl)C1. The van der Waals surface area contributed by atoms with Gasteiger partial charge in [-0.05, 0) is 30.9 Å². The molecule has 84 valence electrons. The van der Waals surface area contributed by atoms with Gasteiger partial charge in [0.1, 0.15) is 0 Å². The first-order valence-electron chi connectivity index (χ1n) is 5.67. The lowest BCUT2D eigenvalue weighted by atomic mass is 9.95. The molecule has 0 saturated carbocycles. The molecule has 2 nitrogen and oxygen atoms in total. The second-order valence-electron chi connectivity index (χ2n) is 4.27. The summed E-state index contributed by atoms with van der Waals surface area (Å²) in [5.41, 5.74) is 1.10. The zero-order valence-corrected chi connectivity index (χ0v) is 9.95. The Hall–Kier alpha value is -1.20. The molecule has 1 unspecified atom stereocenters. The molecule has 0 spiro atoms. The molecule has 0 bridgehead atoms. The number of para-hydroxylation sites is 1. The summed E-state index contributed by atoms with van der Waals surface area (Å²) in [7, 11) is 0. The smallest absolute Gasteiger partial charge is 0.0639 e. The highest BCUT2D eigenvalue weighted by molar-refractivity contribution is 6.33. The van der Waals surface area contributed by atoms with Crippen LogP contribution in [0.25, 0.3) is 0 Å². The maximum absolute atomic E-state index is 8.74. The number of anilines is 1. The maximum Gasteiger partial charge on any atom is 0.0639 e. The van der Waals surface area contributed by atoms with Gasteiger partial charge in [-0.2, -0.15) is 5.26 Å². The number of hydrogen-bond acceptors (Lipinski definition) is 2. The van der Waals surface area contributed by atoms with E-state index < -0.39 is 0 Å². The number of hydrogen-bond donors (Lipinski definition) is 0. The third-order valence-corrected chi connectivity index (χ3v) is 3.41. The van der Waals surface area contributed by atoms with Crippen LogP contribution in [0.1, 0.15) is 19.3 Å². The van der Waals surface area contributed by atoms with Gasteiger partial charge >= 0.3 is 0 Å². The largest absolute Gasteiger partial charge is 0.370 e. The molecule has 0 aromatic heterocycles. The van der Waals surface area contributed by atoms with Gasteiger partial charge in [0.05, 0.1) is 16.8 Å². The fourth-order valence-corrected chi connectivity index (χ4v) is 2.54. The van der Waals surface area contributed by atoms with Gasteiger partial charge in [-0.15, -0.1) is 0 Å². The number of piperidine rings is 1. The molecule has 0 radical (unpaired) electrons. The van der Waals surface area contributed by atoms with Gasteiger partial charge in [0.15, 0.2) is 0 Å². The van der Waals surface area contributed by atoms with E-state index in [1.54, 1.807) is 0 Å². The Morgan fingerprint density at radius 2 is 2.25 bits per heavy atom. The van der Waals surface area contributed by atoms with Crippen molar-refractivity contribution in [2.75, 3.05) is 18.0 Å². The van der Waals surface area contributed by atoms with Crippen LogP contribution in [0.5, 0.6) is 0 Å². The molecule has 1 heterocycles. The Kier molecular flexibility index (Phi) is 3.69. The first kappa shape index (κ1) is 11.3. The standard InChI is InChI=1S/C13H15ClN2/c14-12-5-1-2-6-13(12)16-9-3-4-11(10-16)7-8-15/h1-2,5-6,11H,3-4,7,9-10H2. The Morgan fingerprint density at radius 3 is 3.00 bits per heavy atom. The van der Waals surface area contributed by atoms with Crippen LogP contribution in [0, 0.1) is 17.2 Å². The quantitative estimate of drug-likeness (QED) is 0.784. The van der Waals surface area contributed by atoms with E-state index >= 15 is 0 Å². The molecule has 1 saturated heterocycles. The van der Waals surface area contributed by atoms with E-state index in [9.17, 15) is 0 Å². The average Bonchev–Trinajstić information content (AvgIpc) is 2.30. The van der Waals surface area contributed by atoms with Crippen molar-refractivity contribution >= 4 is 17.3 Å². The van der Waals surface area contributed by atoms with Crippen molar-refractivity contribution in [3.63, 3.8) is 0 Å². The molecule has 1 aliphatic heterocycles. The minimum absolute atomic E-state index is 0.495. The molecule has 1 aromatic carbocycles. The van der Waals surface area contributed by atoms with Crippen molar-refractivity contribution in [3.8, 4) is 6.07 Å². The molecule has 0 aliphatic carbocycles. The molecule has 16 heavy (non-hydrogen) atoms. The lowest BCUT2D eigenvalue weighted by Gasteiger charge is -2.34. The molecule has 2 rings (SSSR count). The van der Waals surface area contributed by atoms with E-state index in [0.717, 1.165) is 36.6 Å². The summed E-state index contributed by atoms with van der Waals surface area (Å²) in [6.45, 7) is 2.00. The van der Waals surface area contributed by atoms with Crippen molar-refractivity contribution in [3.05, 3.63) is 29.3 Å².